The topological polar surface area (TPSA) is 29.0 Å². The molecule has 1 atom stereocenters. The molecule has 1 aromatic heterocycles. The predicted molar refractivity (Wildman–Crippen MR) is 63.3 cm³/mol. The summed E-state index contributed by atoms with van der Waals surface area (Å²) in [5.41, 5.74) is 0. The number of anilines is 1. The van der Waals surface area contributed by atoms with E-state index in [4.69, 9.17) is 11.6 Å². The first-order valence-electron chi connectivity index (χ1n) is 4.42. The van der Waals surface area contributed by atoms with Crippen LogP contribution in [0.2, 0.25) is 5.02 Å². The Kier molecular flexibility index (Phi) is 4.62. The first-order valence-corrected chi connectivity index (χ1v) is 5.71. The van der Waals surface area contributed by atoms with Gasteiger partial charge in [-0.3, -0.25) is 0 Å². The summed E-state index contributed by atoms with van der Waals surface area (Å²) in [5.74, 6) is 0.711. The lowest BCUT2D eigenvalue weighted by Gasteiger charge is -2.17. The van der Waals surface area contributed by atoms with Crippen molar-refractivity contribution in [1.29, 1.82) is 0 Å². The van der Waals surface area contributed by atoms with Gasteiger partial charge in [0.25, 0.3) is 0 Å². The minimum absolute atomic E-state index is 0.511. The highest BCUT2D eigenvalue weighted by atomic mass is 79.9. The molecule has 0 aliphatic carbocycles. The molecule has 0 radical (unpaired) electrons. The van der Waals surface area contributed by atoms with E-state index in [1.807, 2.05) is 11.9 Å². The fourth-order valence-corrected chi connectivity index (χ4v) is 1.28. The molecule has 0 bridgehead atoms. The lowest BCUT2D eigenvalue weighted by molar-refractivity contribution is 0.767. The van der Waals surface area contributed by atoms with Crippen molar-refractivity contribution in [3.63, 3.8) is 0 Å². The van der Waals surface area contributed by atoms with E-state index in [-0.39, 0.29) is 0 Å². The molecule has 78 valence electrons. The van der Waals surface area contributed by atoms with Crippen molar-refractivity contribution in [3.8, 4) is 0 Å². The Balaban J connectivity index is 2.52. The maximum absolute atomic E-state index is 5.69. The molecule has 14 heavy (non-hydrogen) atoms. The summed E-state index contributed by atoms with van der Waals surface area (Å²) in [6, 6.07) is 0. The van der Waals surface area contributed by atoms with Crippen LogP contribution < -0.4 is 4.90 Å². The largest absolute Gasteiger partial charge is 0.344 e. The molecule has 1 unspecified atom stereocenters. The maximum atomic E-state index is 5.69. The van der Waals surface area contributed by atoms with Gasteiger partial charge in [0.2, 0.25) is 5.95 Å². The van der Waals surface area contributed by atoms with E-state index in [1.54, 1.807) is 12.4 Å². The third-order valence-corrected chi connectivity index (χ3v) is 2.46. The standard InChI is InChI=1S/C9H13BrClN3/c1-7(10)3-4-14(2)9-12-5-8(11)6-13-9/h5-7H,3-4H2,1-2H3. The van der Waals surface area contributed by atoms with Gasteiger partial charge in [0, 0.05) is 18.4 Å². The molecule has 0 aliphatic heterocycles. The van der Waals surface area contributed by atoms with Crippen LogP contribution in [0.1, 0.15) is 13.3 Å². The van der Waals surface area contributed by atoms with Crippen molar-refractivity contribution in [2.75, 3.05) is 18.5 Å². The predicted octanol–water partition coefficient (Wildman–Crippen LogP) is 2.74. The molecule has 0 amide bonds. The fraction of sp³-hybridized carbons (Fsp3) is 0.556. The monoisotopic (exact) mass is 277 g/mol. The summed E-state index contributed by atoms with van der Waals surface area (Å²) in [7, 11) is 1.97. The highest BCUT2D eigenvalue weighted by Crippen LogP contribution is 2.11. The van der Waals surface area contributed by atoms with Gasteiger partial charge in [0.05, 0.1) is 17.4 Å². The van der Waals surface area contributed by atoms with E-state index >= 15 is 0 Å². The Morgan fingerprint density at radius 2 is 2.07 bits per heavy atom. The molecule has 0 saturated heterocycles. The quantitative estimate of drug-likeness (QED) is 0.793. The number of alkyl halides is 1. The van der Waals surface area contributed by atoms with Crippen LogP contribution in [0, 0.1) is 0 Å². The average molecular weight is 279 g/mol. The van der Waals surface area contributed by atoms with Crippen LogP contribution >= 0.6 is 27.5 Å². The molecule has 1 rings (SSSR count). The molecule has 0 N–H and O–H groups in total. The summed E-state index contributed by atoms with van der Waals surface area (Å²) in [5, 5.41) is 0.566. The van der Waals surface area contributed by atoms with Gasteiger partial charge in [-0.05, 0) is 6.42 Å². The van der Waals surface area contributed by atoms with Crippen LogP contribution in [0.15, 0.2) is 12.4 Å². The zero-order chi connectivity index (χ0) is 10.6. The molecule has 5 heteroatoms. The van der Waals surface area contributed by atoms with E-state index in [1.165, 1.54) is 0 Å². The molecule has 0 fully saturated rings. The first-order chi connectivity index (χ1) is 6.59. The number of halogens is 2. The van der Waals surface area contributed by atoms with E-state index in [2.05, 4.69) is 32.8 Å². The Labute approximate surface area is 97.6 Å². The number of hydrogen-bond acceptors (Lipinski definition) is 3. The van der Waals surface area contributed by atoms with Crippen molar-refractivity contribution in [2.45, 2.75) is 18.2 Å². The van der Waals surface area contributed by atoms with Gasteiger partial charge < -0.3 is 4.90 Å². The molecule has 3 nitrogen and oxygen atoms in total. The first kappa shape index (κ1) is 11.7. The maximum Gasteiger partial charge on any atom is 0.225 e. The Morgan fingerprint density at radius 3 is 2.57 bits per heavy atom. The number of nitrogens with zero attached hydrogens (tertiary/aromatic N) is 3. The Hall–Kier alpha value is -0.350. The highest BCUT2D eigenvalue weighted by Gasteiger charge is 2.04. The molecule has 0 spiro atoms. The number of rotatable bonds is 4. The third-order valence-electron chi connectivity index (χ3n) is 1.81. The number of aromatic nitrogens is 2. The summed E-state index contributed by atoms with van der Waals surface area (Å²) in [6.45, 7) is 3.05. The van der Waals surface area contributed by atoms with Gasteiger partial charge in [0.15, 0.2) is 0 Å². The van der Waals surface area contributed by atoms with E-state index in [0.717, 1.165) is 13.0 Å². The number of hydrogen-bond donors (Lipinski definition) is 0. The van der Waals surface area contributed by atoms with Gasteiger partial charge in [-0.15, -0.1) is 0 Å². The average Bonchev–Trinajstić information content (AvgIpc) is 2.15. The second kappa shape index (κ2) is 5.51. The molecular weight excluding hydrogens is 265 g/mol. The molecule has 0 saturated carbocycles. The van der Waals surface area contributed by atoms with Gasteiger partial charge in [-0.25, -0.2) is 9.97 Å². The summed E-state index contributed by atoms with van der Waals surface area (Å²) in [6.07, 6.45) is 4.28. The van der Waals surface area contributed by atoms with Crippen molar-refractivity contribution in [2.24, 2.45) is 0 Å². The van der Waals surface area contributed by atoms with Gasteiger partial charge in [0.1, 0.15) is 0 Å². The highest BCUT2D eigenvalue weighted by molar-refractivity contribution is 9.09. The minimum atomic E-state index is 0.511. The summed E-state index contributed by atoms with van der Waals surface area (Å²) in [4.78, 5) is 10.8. The molecule has 0 aliphatic rings. The SMILES string of the molecule is CC(Br)CCN(C)c1ncc(Cl)cn1. The van der Waals surface area contributed by atoms with E-state index in [9.17, 15) is 0 Å². The van der Waals surface area contributed by atoms with Crippen molar-refractivity contribution in [3.05, 3.63) is 17.4 Å². The lowest BCUT2D eigenvalue weighted by Crippen LogP contribution is -2.22. The normalized spacial score (nSPS) is 12.6. The van der Waals surface area contributed by atoms with Crippen LogP contribution in [0.4, 0.5) is 5.95 Å². The second-order valence-electron chi connectivity index (χ2n) is 3.19. The van der Waals surface area contributed by atoms with Crippen LogP contribution in [-0.4, -0.2) is 28.4 Å². The smallest absolute Gasteiger partial charge is 0.225 e. The second-order valence-corrected chi connectivity index (χ2v) is 5.19. The Morgan fingerprint density at radius 1 is 1.50 bits per heavy atom. The Bertz CT molecular complexity index is 276. The van der Waals surface area contributed by atoms with Crippen molar-refractivity contribution < 1.29 is 0 Å². The van der Waals surface area contributed by atoms with Gasteiger partial charge in [-0.1, -0.05) is 34.5 Å². The van der Waals surface area contributed by atoms with Crippen LogP contribution in [-0.2, 0) is 0 Å². The lowest BCUT2D eigenvalue weighted by atomic mass is 10.3. The third kappa shape index (κ3) is 3.80. The van der Waals surface area contributed by atoms with E-state index in [0.29, 0.717) is 15.8 Å². The molecule has 1 heterocycles. The van der Waals surface area contributed by atoms with Crippen molar-refractivity contribution >= 4 is 33.5 Å². The molecule has 1 aromatic rings. The zero-order valence-corrected chi connectivity index (χ0v) is 10.6. The molecular formula is C9H13BrClN3. The molecule has 0 aromatic carbocycles. The fourth-order valence-electron chi connectivity index (χ4n) is 0.974. The summed E-state index contributed by atoms with van der Waals surface area (Å²) < 4.78 is 0. The van der Waals surface area contributed by atoms with Crippen LogP contribution in [0.25, 0.3) is 0 Å². The van der Waals surface area contributed by atoms with Crippen molar-refractivity contribution in [1.82, 2.24) is 9.97 Å². The minimum Gasteiger partial charge on any atom is -0.344 e. The zero-order valence-electron chi connectivity index (χ0n) is 8.24. The van der Waals surface area contributed by atoms with E-state index < -0.39 is 0 Å². The van der Waals surface area contributed by atoms with Crippen LogP contribution in [0.5, 0.6) is 0 Å². The van der Waals surface area contributed by atoms with Gasteiger partial charge >= 0.3 is 0 Å². The van der Waals surface area contributed by atoms with Crippen LogP contribution in [0.3, 0.4) is 0 Å². The summed E-state index contributed by atoms with van der Waals surface area (Å²) >= 11 is 9.19. The van der Waals surface area contributed by atoms with Gasteiger partial charge in [-0.2, -0.15) is 0 Å².